The molecule has 1 atom stereocenters. The van der Waals surface area contributed by atoms with Crippen LogP contribution in [0.5, 0.6) is 5.75 Å². The van der Waals surface area contributed by atoms with Crippen molar-refractivity contribution in [3.8, 4) is 5.75 Å². The summed E-state index contributed by atoms with van der Waals surface area (Å²) in [6.07, 6.45) is 0.474. The summed E-state index contributed by atoms with van der Waals surface area (Å²) < 4.78 is 11.9. The molecule has 0 bridgehead atoms. The van der Waals surface area contributed by atoms with Crippen LogP contribution in [0.1, 0.15) is 42.3 Å². The first-order chi connectivity index (χ1) is 18.7. The van der Waals surface area contributed by atoms with Crippen LogP contribution in [-0.2, 0) is 20.8 Å². The first kappa shape index (κ1) is 25.8. The predicted molar refractivity (Wildman–Crippen MR) is 143 cm³/mol. The number of rotatable bonds is 6. The normalized spacial score (nSPS) is 15.4. The number of aromatic nitrogens is 2. The van der Waals surface area contributed by atoms with E-state index in [4.69, 9.17) is 9.15 Å². The summed E-state index contributed by atoms with van der Waals surface area (Å²) in [6, 6.07) is 9.19. The Labute approximate surface area is 221 Å². The largest absolute Gasteiger partial charge is 0.497 e. The van der Waals surface area contributed by atoms with Crippen molar-refractivity contribution in [3.05, 3.63) is 74.1 Å². The van der Waals surface area contributed by atoms with Crippen LogP contribution in [-0.4, -0.2) is 34.4 Å². The lowest BCUT2D eigenvalue weighted by atomic mass is 10.0. The molecule has 0 radical (unpaired) electrons. The maximum atomic E-state index is 13.3. The summed E-state index contributed by atoms with van der Waals surface area (Å²) in [5.74, 6) is -0.443. The minimum absolute atomic E-state index is 0.00400. The Morgan fingerprint density at radius 1 is 1.15 bits per heavy atom. The van der Waals surface area contributed by atoms with E-state index in [1.165, 1.54) is 11.7 Å². The molecule has 1 fully saturated rings. The quantitative estimate of drug-likeness (QED) is 0.285. The SMILES string of the molecule is COc1ccc2c(C)c(CCC(=O)Nc3cccc4c(=O)n(C5CCC(=O)NC5=O)c(C)nc34)c(=O)oc2c1. The molecule has 1 saturated heterocycles. The fraction of sp³-hybridized carbons (Fsp3) is 0.286. The second kappa shape index (κ2) is 10.2. The highest BCUT2D eigenvalue weighted by Crippen LogP contribution is 2.26. The number of fused-ring (bicyclic) bond motifs is 2. The number of anilines is 1. The molecule has 4 aromatic rings. The molecule has 1 aliphatic rings. The maximum Gasteiger partial charge on any atom is 0.339 e. The Kier molecular flexibility index (Phi) is 6.73. The summed E-state index contributed by atoms with van der Waals surface area (Å²) in [6.45, 7) is 3.41. The Hall–Kier alpha value is -4.80. The van der Waals surface area contributed by atoms with Gasteiger partial charge in [-0.25, -0.2) is 9.78 Å². The molecule has 3 heterocycles. The summed E-state index contributed by atoms with van der Waals surface area (Å²) in [7, 11) is 1.53. The highest BCUT2D eigenvalue weighted by atomic mass is 16.5. The zero-order valence-corrected chi connectivity index (χ0v) is 21.6. The highest BCUT2D eigenvalue weighted by Gasteiger charge is 2.30. The van der Waals surface area contributed by atoms with E-state index in [1.807, 2.05) is 13.0 Å². The third-order valence-corrected chi connectivity index (χ3v) is 7.00. The van der Waals surface area contributed by atoms with Crippen LogP contribution >= 0.6 is 0 Å². The van der Waals surface area contributed by atoms with Gasteiger partial charge in [0.1, 0.15) is 28.7 Å². The van der Waals surface area contributed by atoms with E-state index in [1.54, 1.807) is 37.3 Å². The fourth-order valence-corrected chi connectivity index (χ4v) is 4.97. The van der Waals surface area contributed by atoms with Crippen molar-refractivity contribution in [2.75, 3.05) is 12.4 Å². The molecule has 0 spiro atoms. The lowest BCUT2D eigenvalue weighted by molar-refractivity contribution is -0.135. The van der Waals surface area contributed by atoms with Crippen LogP contribution in [0.4, 0.5) is 5.69 Å². The molecule has 2 aromatic heterocycles. The highest BCUT2D eigenvalue weighted by molar-refractivity contribution is 6.01. The van der Waals surface area contributed by atoms with Gasteiger partial charge in [0.2, 0.25) is 17.7 Å². The molecule has 1 unspecified atom stereocenters. The van der Waals surface area contributed by atoms with E-state index in [0.717, 1.165) is 10.9 Å². The zero-order valence-electron chi connectivity index (χ0n) is 21.6. The number of amides is 3. The Balaban J connectivity index is 1.39. The Morgan fingerprint density at radius 2 is 1.95 bits per heavy atom. The number of ether oxygens (including phenoxy) is 1. The summed E-state index contributed by atoms with van der Waals surface area (Å²) in [5.41, 5.74) is 1.21. The van der Waals surface area contributed by atoms with Gasteiger partial charge in [0, 0.05) is 29.9 Å². The average molecular weight is 531 g/mol. The van der Waals surface area contributed by atoms with E-state index >= 15 is 0 Å². The molecule has 11 heteroatoms. The number of aryl methyl sites for hydroxylation is 2. The molecule has 3 amide bonds. The molecule has 5 rings (SSSR count). The third kappa shape index (κ3) is 4.78. The first-order valence-electron chi connectivity index (χ1n) is 12.4. The summed E-state index contributed by atoms with van der Waals surface area (Å²) >= 11 is 0. The third-order valence-electron chi connectivity index (χ3n) is 7.00. The van der Waals surface area contributed by atoms with Crippen LogP contribution in [0.15, 0.2) is 50.4 Å². The van der Waals surface area contributed by atoms with Crippen molar-refractivity contribution in [2.45, 2.75) is 45.6 Å². The van der Waals surface area contributed by atoms with Gasteiger partial charge >= 0.3 is 5.63 Å². The van der Waals surface area contributed by atoms with E-state index in [-0.39, 0.29) is 54.2 Å². The molecular formula is C28H26N4O7. The second-order valence-corrected chi connectivity index (χ2v) is 9.41. The molecule has 200 valence electrons. The number of nitrogens with one attached hydrogen (secondary N) is 2. The van der Waals surface area contributed by atoms with Crippen molar-refractivity contribution >= 4 is 45.3 Å². The first-order valence-corrected chi connectivity index (χ1v) is 12.4. The van der Waals surface area contributed by atoms with Crippen molar-refractivity contribution in [1.82, 2.24) is 14.9 Å². The van der Waals surface area contributed by atoms with E-state index in [2.05, 4.69) is 15.6 Å². The molecule has 0 aliphatic carbocycles. The van der Waals surface area contributed by atoms with Crippen molar-refractivity contribution in [1.29, 1.82) is 0 Å². The minimum Gasteiger partial charge on any atom is -0.497 e. The molecule has 1 aliphatic heterocycles. The van der Waals surface area contributed by atoms with Crippen LogP contribution in [0.3, 0.4) is 0 Å². The molecule has 0 saturated carbocycles. The van der Waals surface area contributed by atoms with Gasteiger partial charge in [-0.2, -0.15) is 0 Å². The number of hydrogen-bond acceptors (Lipinski definition) is 8. The molecule has 39 heavy (non-hydrogen) atoms. The van der Waals surface area contributed by atoms with Gasteiger partial charge in [-0.15, -0.1) is 0 Å². The van der Waals surface area contributed by atoms with Crippen molar-refractivity contribution in [3.63, 3.8) is 0 Å². The van der Waals surface area contributed by atoms with Gasteiger partial charge in [-0.1, -0.05) is 6.07 Å². The number of methoxy groups -OCH3 is 1. The molecule has 11 nitrogen and oxygen atoms in total. The van der Waals surface area contributed by atoms with Gasteiger partial charge in [0.05, 0.1) is 18.2 Å². The predicted octanol–water partition coefficient (Wildman–Crippen LogP) is 2.68. The topological polar surface area (TPSA) is 150 Å². The van der Waals surface area contributed by atoms with Gasteiger partial charge in [-0.05, 0) is 56.5 Å². The monoisotopic (exact) mass is 530 g/mol. The number of hydrogen-bond donors (Lipinski definition) is 2. The lowest BCUT2D eigenvalue weighted by Gasteiger charge is -2.24. The maximum absolute atomic E-state index is 13.3. The number of nitrogens with zero attached hydrogens (tertiary/aromatic N) is 2. The van der Waals surface area contributed by atoms with Crippen molar-refractivity contribution in [2.24, 2.45) is 0 Å². The molecular weight excluding hydrogens is 504 g/mol. The molecule has 2 N–H and O–H groups in total. The lowest BCUT2D eigenvalue weighted by Crippen LogP contribution is -2.45. The van der Waals surface area contributed by atoms with Crippen LogP contribution in [0.25, 0.3) is 21.9 Å². The van der Waals surface area contributed by atoms with E-state index < -0.39 is 23.1 Å². The van der Waals surface area contributed by atoms with Crippen molar-refractivity contribution < 1.29 is 23.5 Å². The smallest absolute Gasteiger partial charge is 0.339 e. The van der Waals surface area contributed by atoms with Gasteiger partial charge in [0.25, 0.3) is 5.56 Å². The number of piperidine rings is 1. The van der Waals surface area contributed by atoms with E-state index in [0.29, 0.717) is 22.6 Å². The Bertz CT molecular complexity index is 1790. The number of benzene rings is 2. The number of para-hydroxylation sites is 1. The average Bonchev–Trinajstić information content (AvgIpc) is 2.90. The van der Waals surface area contributed by atoms with E-state index in [9.17, 15) is 24.0 Å². The minimum atomic E-state index is -0.844. The second-order valence-electron chi connectivity index (χ2n) is 9.41. The molecule has 2 aromatic carbocycles. The van der Waals surface area contributed by atoms with Crippen LogP contribution in [0, 0.1) is 13.8 Å². The Morgan fingerprint density at radius 3 is 2.69 bits per heavy atom. The van der Waals surface area contributed by atoms with Crippen LogP contribution < -0.4 is 26.6 Å². The summed E-state index contributed by atoms with van der Waals surface area (Å²) in [4.78, 5) is 67.3. The fourth-order valence-electron chi connectivity index (χ4n) is 4.97. The van der Waals surface area contributed by atoms with Gasteiger partial charge in [-0.3, -0.25) is 29.1 Å². The standard InChI is InChI=1S/C28H26N4O7/c1-14-17-8-7-16(38-3)13-22(17)39-28(37)18(14)9-11-23(33)30-20-6-4-5-19-25(20)29-15(2)32(27(19)36)21-10-12-24(34)31-26(21)35/h4-8,13,21H,9-12H2,1-3H3,(H,30,33)(H,31,34,35). The zero-order chi connectivity index (χ0) is 27.8. The number of carbonyl (C=O) groups is 3. The van der Waals surface area contributed by atoms with Crippen LogP contribution in [0.2, 0.25) is 0 Å². The number of imide groups is 1. The van der Waals surface area contributed by atoms with Gasteiger partial charge < -0.3 is 14.5 Å². The van der Waals surface area contributed by atoms with Gasteiger partial charge in [0.15, 0.2) is 0 Å². The number of carbonyl (C=O) groups excluding carboxylic acids is 3. The summed E-state index contributed by atoms with van der Waals surface area (Å²) in [5, 5.41) is 6.04.